The molecule has 0 aromatic heterocycles. The van der Waals surface area contributed by atoms with E-state index in [1.54, 1.807) is 5.57 Å². The van der Waals surface area contributed by atoms with Crippen LogP contribution in [0.15, 0.2) is 34.9 Å². The van der Waals surface area contributed by atoms with Crippen molar-refractivity contribution in [3.8, 4) is 0 Å². The van der Waals surface area contributed by atoms with Gasteiger partial charge >= 0.3 is 0 Å². The molecule has 0 fully saturated rings. The molecule has 0 aromatic rings. The molecule has 1 heteroatoms. The van der Waals surface area contributed by atoms with Crippen LogP contribution in [0.25, 0.3) is 0 Å². The number of hydrogen-bond donors (Lipinski definition) is 0. The highest BCUT2D eigenvalue weighted by Crippen LogP contribution is 2.40. The molecule has 1 rings (SSSR count). The van der Waals surface area contributed by atoms with Gasteiger partial charge in [0.05, 0.1) is 0 Å². The van der Waals surface area contributed by atoms with Gasteiger partial charge in [0.1, 0.15) is 14.1 Å². The number of rotatable bonds is 3. The summed E-state index contributed by atoms with van der Waals surface area (Å²) in [6, 6.07) is 0. The fourth-order valence-corrected chi connectivity index (χ4v) is 2.55. The molecule has 0 bridgehead atoms. The molecule has 0 spiro atoms. The van der Waals surface area contributed by atoms with Crippen molar-refractivity contribution >= 4 is 6.21 Å². The first-order chi connectivity index (χ1) is 8.33. The lowest BCUT2D eigenvalue weighted by atomic mass is 9.72. The second kappa shape index (κ2) is 6.17. The molecular weight excluding hydrogens is 218 g/mol. The van der Waals surface area contributed by atoms with Crippen LogP contribution in [0.5, 0.6) is 0 Å². The first-order valence-electron chi connectivity index (χ1n) is 6.89. The second-order valence-electron chi connectivity index (χ2n) is 6.29. The SMILES string of the molecule is CC1=C(/C=C/C(C)=C/C=[N+](C)C)C(C)(C)CCC1. The average Bonchev–Trinajstić information content (AvgIpc) is 2.24. The lowest BCUT2D eigenvalue weighted by molar-refractivity contribution is -0.458. The van der Waals surface area contributed by atoms with E-state index >= 15 is 0 Å². The summed E-state index contributed by atoms with van der Waals surface area (Å²) in [5.74, 6) is 0. The summed E-state index contributed by atoms with van der Waals surface area (Å²) < 4.78 is 2.06. The van der Waals surface area contributed by atoms with Crippen LogP contribution in [0.3, 0.4) is 0 Å². The molecular formula is C17H28N+. The maximum Gasteiger partial charge on any atom is 0.163 e. The maximum absolute atomic E-state index is 2.36. The molecule has 0 saturated carbocycles. The zero-order valence-electron chi connectivity index (χ0n) is 12.9. The summed E-state index contributed by atoms with van der Waals surface area (Å²) >= 11 is 0. The van der Waals surface area contributed by atoms with Crippen LogP contribution in [0.4, 0.5) is 0 Å². The monoisotopic (exact) mass is 246 g/mol. The quantitative estimate of drug-likeness (QED) is 0.395. The van der Waals surface area contributed by atoms with E-state index in [1.165, 1.54) is 30.4 Å². The molecule has 18 heavy (non-hydrogen) atoms. The molecule has 0 unspecified atom stereocenters. The Labute approximate surface area is 113 Å². The van der Waals surface area contributed by atoms with Crippen molar-refractivity contribution < 1.29 is 4.58 Å². The predicted octanol–water partition coefficient (Wildman–Crippen LogP) is 4.36. The van der Waals surface area contributed by atoms with Gasteiger partial charge in [0, 0.05) is 6.08 Å². The molecule has 100 valence electrons. The first-order valence-corrected chi connectivity index (χ1v) is 6.89. The molecule has 0 heterocycles. The molecule has 0 radical (unpaired) electrons. The Balaban J connectivity index is 2.89. The molecule has 0 atom stereocenters. The van der Waals surface area contributed by atoms with Crippen LogP contribution in [0, 0.1) is 5.41 Å². The zero-order valence-corrected chi connectivity index (χ0v) is 12.9. The van der Waals surface area contributed by atoms with Crippen molar-refractivity contribution in [1.29, 1.82) is 0 Å². The molecule has 0 saturated heterocycles. The molecule has 0 amide bonds. The van der Waals surface area contributed by atoms with Gasteiger partial charge in [0.15, 0.2) is 6.21 Å². The van der Waals surface area contributed by atoms with Crippen molar-refractivity contribution in [2.75, 3.05) is 14.1 Å². The fraction of sp³-hybridized carbons (Fsp3) is 0.588. The van der Waals surface area contributed by atoms with E-state index in [0.29, 0.717) is 5.41 Å². The first kappa shape index (κ1) is 14.9. The van der Waals surface area contributed by atoms with Crippen molar-refractivity contribution in [2.45, 2.75) is 47.0 Å². The Morgan fingerprint density at radius 2 is 1.94 bits per heavy atom. The molecule has 1 nitrogen and oxygen atoms in total. The Hall–Kier alpha value is -1.11. The summed E-state index contributed by atoms with van der Waals surface area (Å²) in [5.41, 5.74) is 4.73. The summed E-state index contributed by atoms with van der Waals surface area (Å²) in [6.07, 6.45) is 12.7. The average molecular weight is 246 g/mol. The van der Waals surface area contributed by atoms with Crippen molar-refractivity contribution in [3.63, 3.8) is 0 Å². The van der Waals surface area contributed by atoms with Gasteiger partial charge in [-0.3, -0.25) is 0 Å². The minimum Gasteiger partial charge on any atom is -0.241 e. The van der Waals surface area contributed by atoms with Gasteiger partial charge < -0.3 is 0 Å². The molecule has 1 aliphatic carbocycles. The van der Waals surface area contributed by atoms with Crippen LogP contribution < -0.4 is 0 Å². The largest absolute Gasteiger partial charge is 0.241 e. The molecule has 0 N–H and O–H groups in total. The van der Waals surface area contributed by atoms with Crippen LogP contribution in [0.2, 0.25) is 0 Å². The Bertz CT molecular complexity index is 413. The van der Waals surface area contributed by atoms with Gasteiger partial charge in [-0.25, -0.2) is 4.58 Å². The highest BCUT2D eigenvalue weighted by Gasteiger charge is 2.26. The van der Waals surface area contributed by atoms with Crippen LogP contribution in [-0.4, -0.2) is 24.9 Å². The van der Waals surface area contributed by atoms with E-state index < -0.39 is 0 Å². The zero-order chi connectivity index (χ0) is 13.8. The normalized spacial score (nSPS) is 20.4. The second-order valence-corrected chi connectivity index (χ2v) is 6.29. The van der Waals surface area contributed by atoms with E-state index in [0.717, 1.165) is 0 Å². The minimum atomic E-state index is 0.338. The third kappa shape index (κ3) is 4.29. The van der Waals surface area contributed by atoms with E-state index in [1.807, 2.05) is 14.1 Å². The summed E-state index contributed by atoms with van der Waals surface area (Å²) in [5, 5.41) is 0. The van der Waals surface area contributed by atoms with Gasteiger partial charge in [0.25, 0.3) is 0 Å². The summed E-state index contributed by atoms with van der Waals surface area (Å²) in [7, 11) is 4.09. The predicted molar refractivity (Wildman–Crippen MR) is 81.4 cm³/mol. The standard InChI is InChI=1S/C17H28N/c1-14(11-13-18(5)6)9-10-16-15(2)8-7-12-17(16,3)4/h9-11,13H,7-8,12H2,1-6H3/q+1/b10-9+,14-11+. The number of allylic oxidation sites excluding steroid dienone is 6. The minimum absolute atomic E-state index is 0.338. The van der Waals surface area contributed by atoms with Crippen molar-refractivity contribution in [2.24, 2.45) is 5.41 Å². The Morgan fingerprint density at radius 3 is 2.50 bits per heavy atom. The van der Waals surface area contributed by atoms with Crippen LogP contribution in [0.1, 0.15) is 47.0 Å². The number of hydrogen-bond acceptors (Lipinski definition) is 0. The van der Waals surface area contributed by atoms with Gasteiger partial charge in [0.2, 0.25) is 0 Å². The lowest BCUT2D eigenvalue weighted by Gasteiger charge is -2.32. The maximum atomic E-state index is 2.36. The highest BCUT2D eigenvalue weighted by atomic mass is 14.9. The fourth-order valence-electron chi connectivity index (χ4n) is 2.55. The smallest absolute Gasteiger partial charge is 0.163 e. The number of nitrogens with zero attached hydrogens (tertiary/aromatic N) is 1. The van der Waals surface area contributed by atoms with Crippen LogP contribution >= 0.6 is 0 Å². The summed E-state index contributed by atoms with van der Waals surface area (Å²) in [6.45, 7) is 9.16. The van der Waals surface area contributed by atoms with E-state index in [-0.39, 0.29) is 0 Å². The lowest BCUT2D eigenvalue weighted by Crippen LogP contribution is -2.19. The van der Waals surface area contributed by atoms with Gasteiger partial charge in [-0.15, -0.1) is 0 Å². The van der Waals surface area contributed by atoms with Gasteiger partial charge in [-0.1, -0.05) is 31.6 Å². The van der Waals surface area contributed by atoms with E-state index in [9.17, 15) is 0 Å². The summed E-state index contributed by atoms with van der Waals surface area (Å²) in [4.78, 5) is 0. The third-order valence-electron chi connectivity index (χ3n) is 3.69. The third-order valence-corrected chi connectivity index (χ3v) is 3.69. The van der Waals surface area contributed by atoms with Crippen LogP contribution in [-0.2, 0) is 0 Å². The molecule has 0 aromatic carbocycles. The molecule has 1 aliphatic rings. The van der Waals surface area contributed by atoms with E-state index in [2.05, 4.69) is 56.7 Å². The Morgan fingerprint density at radius 1 is 1.28 bits per heavy atom. The topological polar surface area (TPSA) is 3.01 Å². The van der Waals surface area contributed by atoms with Crippen molar-refractivity contribution in [3.05, 3.63) is 34.9 Å². The molecule has 0 aliphatic heterocycles. The van der Waals surface area contributed by atoms with E-state index in [4.69, 9.17) is 0 Å². The highest BCUT2D eigenvalue weighted by molar-refractivity contribution is 5.68. The van der Waals surface area contributed by atoms with Crippen molar-refractivity contribution in [1.82, 2.24) is 0 Å². The Kier molecular flexibility index (Phi) is 5.13. The van der Waals surface area contributed by atoms with Gasteiger partial charge in [-0.05, 0) is 49.7 Å². The van der Waals surface area contributed by atoms with Gasteiger partial charge in [-0.2, -0.15) is 0 Å².